The van der Waals surface area contributed by atoms with Gasteiger partial charge in [0.1, 0.15) is 5.60 Å². The van der Waals surface area contributed by atoms with Crippen molar-refractivity contribution in [2.75, 3.05) is 19.7 Å². The van der Waals surface area contributed by atoms with Crippen LogP contribution in [0, 0.1) is 0 Å². The number of carbonyl (C=O) groups is 1. The zero-order valence-corrected chi connectivity index (χ0v) is 11.0. The first-order valence-electron chi connectivity index (χ1n) is 6.19. The standard InChI is InChI=1S/C13H23NO3/c1-13(2,3)17-12(16)14-8-4-5-11(6-9-14)7-10-15/h7,15H,4-6,8-10H2,1-3H3/b11-7+. The first kappa shape index (κ1) is 14.0. The molecule has 1 amide bonds. The molecule has 1 rings (SSSR count). The van der Waals surface area contributed by atoms with Crippen molar-refractivity contribution >= 4 is 6.09 Å². The SMILES string of the molecule is CC(C)(C)OC(=O)N1CCC/C(=C\CO)CC1. The molecule has 0 aromatic rings. The molecule has 4 nitrogen and oxygen atoms in total. The topological polar surface area (TPSA) is 49.8 Å². The second-order valence-corrected chi connectivity index (χ2v) is 5.37. The van der Waals surface area contributed by atoms with Crippen molar-refractivity contribution in [1.29, 1.82) is 0 Å². The van der Waals surface area contributed by atoms with Gasteiger partial charge in [-0.3, -0.25) is 0 Å². The second-order valence-electron chi connectivity index (χ2n) is 5.37. The lowest BCUT2D eigenvalue weighted by Crippen LogP contribution is -2.37. The van der Waals surface area contributed by atoms with Crippen molar-refractivity contribution < 1.29 is 14.6 Å². The molecule has 0 spiro atoms. The molecule has 1 saturated heterocycles. The summed E-state index contributed by atoms with van der Waals surface area (Å²) in [4.78, 5) is 13.6. The highest BCUT2D eigenvalue weighted by Crippen LogP contribution is 2.18. The van der Waals surface area contributed by atoms with E-state index < -0.39 is 5.60 Å². The van der Waals surface area contributed by atoms with Gasteiger partial charge in [0.2, 0.25) is 0 Å². The molecule has 1 N–H and O–H groups in total. The molecule has 0 atom stereocenters. The second kappa shape index (κ2) is 6.05. The van der Waals surface area contributed by atoms with Gasteiger partial charge in [-0.2, -0.15) is 0 Å². The maximum Gasteiger partial charge on any atom is 0.410 e. The molecular weight excluding hydrogens is 218 g/mol. The predicted molar refractivity (Wildman–Crippen MR) is 66.8 cm³/mol. The Morgan fingerprint density at radius 1 is 1.41 bits per heavy atom. The average molecular weight is 241 g/mol. The van der Waals surface area contributed by atoms with Crippen LogP contribution in [0.5, 0.6) is 0 Å². The smallest absolute Gasteiger partial charge is 0.410 e. The van der Waals surface area contributed by atoms with Gasteiger partial charge in [-0.25, -0.2) is 4.79 Å². The molecular formula is C13H23NO3. The summed E-state index contributed by atoms with van der Waals surface area (Å²) < 4.78 is 5.35. The van der Waals surface area contributed by atoms with Crippen LogP contribution in [-0.4, -0.2) is 41.4 Å². The third kappa shape index (κ3) is 5.22. The highest BCUT2D eigenvalue weighted by molar-refractivity contribution is 5.68. The minimum Gasteiger partial charge on any atom is -0.444 e. The van der Waals surface area contributed by atoms with E-state index >= 15 is 0 Å². The molecule has 0 unspecified atom stereocenters. The summed E-state index contributed by atoms with van der Waals surface area (Å²) in [5.74, 6) is 0. The number of likely N-dealkylation sites (tertiary alicyclic amines) is 1. The van der Waals surface area contributed by atoms with Gasteiger partial charge < -0.3 is 14.7 Å². The van der Waals surface area contributed by atoms with Crippen LogP contribution in [0.2, 0.25) is 0 Å². The zero-order chi connectivity index (χ0) is 12.9. The van der Waals surface area contributed by atoms with E-state index in [0.717, 1.165) is 25.8 Å². The number of aliphatic hydroxyl groups excluding tert-OH is 1. The lowest BCUT2D eigenvalue weighted by molar-refractivity contribution is 0.0258. The molecule has 0 aliphatic carbocycles. The van der Waals surface area contributed by atoms with Gasteiger partial charge in [0, 0.05) is 13.1 Å². The monoisotopic (exact) mass is 241 g/mol. The summed E-state index contributed by atoms with van der Waals surface area (Å²) in [6.45, 7) is 7.12. The molecule has 4 heteroatoms. The largest absolute Gasteiger partial charge is 0.444 e. The molecule has 1 fully saturated rings. The van der Waals surface area contributed by atoms with Crippen LogP contribution >= 0.6 is 0 Å². The van der Waals surface area contributed by atoms with E-state index in [0.29, 0.717) is 6.54 Å². The number of rotatable bonds is 1. The van der Waals surface area contributed by atoms with Crippen LogP contribution in [0.25, 0.3) is 0 Å². The molecule has 1 heterocycles. The fourth-order valence-electron chi connectivity index (χ4n) is 1.85. The van der Waals surface area contributed by atoms with E-state index in [9.17, 15) is 4.79 Å². The van der Waals surface area contributed by atoms with Gasteiger partial charge in [-0.15, -0.1) is 0 Å². The summed E-state index contributed by atoms with van der Waals surface area (Å²) in [5, 5.41) is 8.86. The molecule has 0 aromatic carbocycles. The van der Waals surface area contributed by atoms with Gasteiger partial charge in [-0.1, -0.05) is 11.6 Å². The Kier molecular flexibility index (Phi) is 5.00. The Bertz CT molecular complexity index is 292. The predicted octanol–water partition coefficient (Wildman–Crippen LogP) is 2.33. The van der Waals surface area contributed by atoms with Crippen LogP contribution in [0.3, 0.4) is 0 Å². The highest BCUT2D eigenvalue weighted by atomic mass is 16.6. The van der Waals surface area contributed by atoms with Gasteiger partial charge >= 0.3 is 6.09 Å². The van der Waals surface area contributed by atoms with Crippen molar-refractivity contribution in [3.8, 4) is 0 Å². The molecule has 1 aliphatic rings. The van der Waals surface area contributed by atoms with Crippen LogP contribution < -0.4 is 0 Å². The Morgan fingerprint density at radius 3 is 2.71 bits per heavy atom. The van der Waals surface area contributed by atoms with Gasteiger partial charge in [0.15, 0.2) is 0 Å². The van der Waals surface area contributed by atoms with E-state index in [1.54, 1.807) is 4.90 Å². The summed E-state index contributed by atoms with van der Waals surface area (Å²) in [7, 11) is 0. The minimum absolute atomic E-state index is 0.0851. The normalized spacial score (nSPS) is 20.2. The number of nitrogens with zero attached hydrogens (tertiary/aromatic N) is 1. The molecule has 17 heavy (non-hydrogen) atoms. The quantitative estimate of drug-likeness (QED) is 0.717. The van der Waals surface area contributed by atoms with Gasteiger partial charge in [0.05, 0.1) is 6.61 Å². The molecule has 0 bridgehead atoms. The van der Waals surface area contributed by atoms with Crippen molar-refractivity contribution in [1.82, 2.24) is 4.90 Å². The van der Waals surface area contributed by atoms with Crippen molar-refractivity contribution in [3.63, 3.8) is 0 Å². The number of aliphatic hydroxyl groups is 1. The fourth-order valence-corrected chi connectivity index (χ4v) is 1.85. The third-order valence-electron chi connectivity index (χ3n) is 2.66. The van der Waals surface area contributed by atoms with E-state index in [2.05, 4.69) is 0 Å². The Hall–Kier alpha value is -1.03. The van der Waals surface area contributed by atoms with Crippen LogP contribution in [0.4, 0.5) is 4.79 Å². The maximum atomic E-state index is 11.9. The Labute approximate surface area is 103 Å². The summed E-state index contributed by atoms with van der Waals surface area (Å²) in [6, 6.07) is 0. The summed E-state index contributed by atoms with van der Waals surface area (Å²) in [6.07, 6.45) is 4.34. The number of hydrogen-bond donors (Lipinski definition) is 1. The lowest BCUT2D eigenvalue weighted by atomic mass is 10.1. The van der Waals surface area contributed by atoms with Crippen molar-refractivity contribution in [2.24, 2.45) is 0 Å². The third-order valence-corrected chi connectivity index (χ3v) is 2.66. The zero-order valence-electron chi connectivity index (χ0n) is 11.0. The van der Waals surface area contributed by atoms with E-state index in [1.807, 2.05) is 26.8 Å². The highest BCUT2D eigenvalue weighted by Gasteiger charge is 2.23. The van der Waals surface area contributed by atoms with Gasteiger partial charge in [-0.05, 0) is 40.0 Å². The van der Waals surface area contributed by atoms with Gasteiger partial charge in [0.25, 0.3) is 0 Å². The minimum atomic E-state index is -0.437. The first-order chi connectivity index (χ1) is 7.92. The molecule has 0 saturated carbocycles. The first-order valence-corrected chi connectivity index (χ1v) is 6.19. The number of amides is 1. The van der Waals surface area contributed by atoms with Crippen LogP contribution in [0.15, 0.2) is 11.6 Å². The Balaban J connectivity index is 2.51. The van der Waals surface area contributed by atoms with E-state index in [4.69, 9.17) is 9.84 Å². The average Bonchev–Trinajstić information content (AvgIpc) is 2.41. The molecule has 1 aliphatic heterocycles. The maximum absolute atomic E-state index is 11.9. The Morgan fingerprint density at radius 2 is 2.12 bits per heavy atom. The summed E-state index contributed by atoms with van der Waals surface area (Å²) >= 11 is 0. The fraction of sp³-hybridized carbons (Fsp3) is 0.769. The van der Waals surface area contributed by atoms with Crippen LogP contribution in [0.1, 0.15) is 40.0 Å². The number of carbonyl (C=O) groups excluding carboxylic acids is 1. The summed E-state index contributed by atoms with van der Waals surface area (Å²) in [5.41, 5.74) is 0.797. The van der Waals surface area contributed by atoms with Crippen LogP contribution in [-0.2, 0) is 4.74 Å². The van der Waals surface area contributed by atoms with E-state index in [-0.39, 0.29) is 12.7 Å². The molecule has 0 radical (unpaired) electrons. The van der Waals surface area contributed by atoms with Crippen molar-refractivity contribution in [2.45, 2.75) is 45.6 Å². The molecule has 0 aromatic heterocycles. The molecule has 98 valence electrons. The number of ether oxygens (including phenoxy) is 1. The van der Waals surface area contributed by atoms with E-state index in [1.165, 1.54) is 5.57 Å². The number of hydrogen-bond acceptors (Lipinski definition) is 3. The lowest BCUT2D eigenvalue weighted by Gasteiger charge is -2.26. The van der Waals surface area contributed by atoms with Crippen molar-refractivity contribution in [3.05, 3.63) is 11.6 Å².